The summed E-state index contributed by atoms with van der Waals surface area (Å²) in [5.41, 5.74) is 1.90. The van der Waals surface area contributed by atoms with E-state index >= 15 is 0 Å². The van der Waals surface area contributed by atoms with E-state index in [4.69, 9.17) is 16.3 Å². The van der Waals surface area contributed by atoms with Gasteiger partial charge in [-0.15, -0.1) is 0 Å². The van der Waals surface area contributed by atoms with Crippen LogP contribution in [0.5, 0.6) is 11.5 Å². The summed E-state index contributed by atoms with van der Waals surface area (Å²) in [7, 11) is 0. The largest absolute Gasteiger partial charge is 0.456 e. The molecule has 0 atom stereocenters. The van der Waals surface area contributed by atoms with Crippen molar-refractivity contribution >= 4 is 17.5 Å². The molecule has 1 aliphatic heterocycles. The smallest absolute Gasteiger partial charge is 0.251 e. The summed E-state index contributed by atoms with van der Waals surface area (Å²) in [6.45, 7) is 2.84. The lowest BCUT2D eigenvalue weighted by molar-refractivity contribution is 0.0909. The fourth-order valence-corrected chi connectivity index (χ4v) is 3.70. The van der Waals surface area contributed by atoms with Gasteiger partial charge in [-0.05, 0) is 66.9 Å². The van der Waals surface area contributed by atoms with Crippen LogP contribution in [0.3, 0.4) is 0 Å². The molecule has 30 heavy (non-hydrogen) atoms. The topological polar surface area (TPSA) is 54.5 Å². The number of likely N-dealkylation sites (tertiary alicyclic amines) is 1. The molecule has 0 saturated carbocycles. The molecule has 2 aromatic carbocycles. The van der Waals surface area contributed by atoms with Crippen LogP contribution in [0.4, 0.5) is 0 Å². The molecule has 3 aromatic rings. The molecule has 1 aliphatic rings. The van der Waals surface area contributed by atoms with E-state index in [1.54, 1.807) is 36.7 Å². The van der Waals surface area contributed by atoms with Crippen LogP contribution in [0.15, 0.2) is 73.1 Å². The molecular formula is C24H24ClN3O2. The molecule has 1 amide bonds. The van der Waals surface area contributed by atoms with Crippen molar-refractivity contribution in [2.24, 2.45) is 0 Å². The third kappa shape index (κ3) is 5.59. The van der Waals surface area contributed by atoms with E-state index in [1.165, 1.54) is 5.56 Å². The molecular weight excluding hydrogens is 398 g/mol. The number of pyridine rings is 1. The SMILES string of the molecule is O=C(NC1CCN(Cc2ccc(Cl)cc2)CC1)c1ccc(Oc2cccnc2)cc1. The zero-order chi connectivity index (χ0) is 20.8. The third-order valence-corrected chi connectivity index (χ3v) is 5.48. The average molecular weight is 422 g/mol. The fraction of sp³-hybridized carbons (Fsp3) is 0.250. The van der Waals surface area contributed by atoms with Crippen molar-refractivity contribution in [3.8, 4) is 11.5 Å². The number of amides is 1. The van der Waals surface area contributed by atoms with E-state index in [0.717, 1.165) is 37.5 Å². The summed E-state index contributed by atoms with van der Waals surface area (Å²) in [6.07, 6.45) is 5.24. The van der Waals surface area contributed by atoms with Crippen molar-refractivity contribution in [1.29, 1.82) is 0 Å². The number of aromatic nitrogens is 1. The van der Waals surface area contributed by atoms with E-state index in [2.05, 4.69) is 27.3 Å². The molecule has 0 aliphatic carbocycles. The van der Waals surface area contributed by atoms with Crippen LogP contribution in [-0.2, 0) is 6.54 Å². The molecule has 1 aromatic heterocycles. The van der Waals surface area contributed by atoms with Gasteiger partial charge in [0.1, 0.15) is 11.5 Å². The second kappa shape index (κ2) is 9.74. The molecule has 1 fully saturated rings. The van der Waals surface area contributed by atoms with E-state index in [0.29, 0.717) is 17.1 Å². The quantitative estimate of drug-likeness (QED) is 0.613. The number of carbonyl (C=O) groups excluding carboxylic acids is 1. The van der Waals surface area contributed by atoms with E-state index in [9.17, 15) is 4.79 Å². The minimum atomic E-state index is -0.0425. The molecule has 1 N–H and O–H groups in total. The predicted molar refractivity (Wildman–Crippen MR) is 118 cm³/mol. The molecule has 6 heteroatoms. The van der Waals surface area contributed by atoms with Crippen LogP contribution in [0, 0.1) is 0 Å². The van der Waals surface area contributed by atoms with Crippen LogP contribution >= 0.6 is 11.6 Å². The lowest BCUT2D eigenvalue weighted by Crippen LogP contribution is -2.44. The molecule has 154 valence electrons. The Labute approximate surface area is 181 Å². The van der Waals surface area contributed by atoms with Crippen LogP contribution in [0.25, 0.3) is 0 Å². The summed E-state index contributed by atoms with van der Waals surface area (Å²) in [5, 5.41) is 3.92. The number of nitrogens with zero attached hydrogens (tertiary/aromatic N) is 2. The van der Waals surface area contributed by atoms with Crippen molar-refractivity contribution in [1.82, 2.24) is 15.2 Å². The molecule has 0 radical (unpaired) electrons. The summed E-state index contributed by atoms with van der Waals surface area (Å²) >= 11 is 5.95. The van der Waals surface area contributed by atoms with Crippen LogP contribution in [-0.4, -0.2) is 34.9 Å². The van der Waals surface area contributed by atoms with E-state index in [-0.39, 0.29) is 11.9 Å². The summed E-state index contributed by atoms with van der Waals surface area (Å²) < 4.78 is 5.72. The van der Waals surface area contributed by atoms with Crippen molar-refractivity contribution in [3.05, 3.63) is 89.2 Å². The minimum absolute atomic E-state index is 0.0425. The molecule has 0 unspecified atom stereocenters. The number of nitrogens with one attached hydrogen (secondary N) is 1. The highest BCUT2D eigenvalue weighted by Crippen LogP contribution is 2.21. The molecule has 5 nitrogen and oxygen atoms in total. The maximum absolute atomic E-state index is 12.6. The summed E-state index contributed by atoms with van der Waals surface area (Å²) in [5.74, 6) is 1.30. The Balaban J connectivity index is 1.25. The maximum Gasteiger partial charge on any atom is 0.251 e. The zero-order valence-corrected chi connectivity index (χ0v) is 17.4. The van der Waals surface area contributed by atoms with Gasteiger partial charge in [0.05, 0.1) is 6.20 Å². The van der Waals surface area contributed by atoms with Crippen LogP contribution < -0.4 is 10.1 Å². The van der Waals surface area contributed by atoms with Gasteiger partial charge in [0.15, 0.2) is 0 Å². The molecule has 2 heterocycles. The third-order valence-electron chi connectivity index (χ3n) is 5.23. The molecule has 1 saturated heterocycles. The van der Waals surface area contributed by atoms with Crippen molar-refractivity contribution in [2.75, 3.05) is 13.1 Å². The average Bonchev–Trinajstić information content (AvgIpc) is 2.78. The Kier molecular flexibility index (Phi) is 6.62. The fourth-order valence-electron chi connectivity index (χ4n) is 3.57. The van der Waals surface area contributed by atoms with Crippen LogP contribution in [0.1, 0.15) is 28.8 Å². The number of rotatable bonds is 6. The van der Waals surface area contributed by atoms with Gasteiger partial charge in [-0.25, -0.2) is 0 Å². The first kappa shape index (κ1) is 20.4. The van der Waals surface area contributed by atoms with Gasteiger partial charge in [-0.2, -0.15) is 0 Å². The second-order valence-corrected chi connectivity index (χ2v) is 7.90. The van der Waals surface area contributed by atoms with Crippen molar-refractivity contribution < 1.29 is 9.53 Å². The Hall–Kier alpha value is -2.89. The maximum atomic E-state index is 12.6. The normalized spacial score (nSPS) is 15.0. The summed E-state index contributed by atoms with van der Waals surface area (Å²) in [4.78, 5) is 19.0. The number of ether oxygens (including phenoxy) is 1. The van der Waals surface area contributed by atoms with Crippen molar-refractivity contribution in [2.45, 2.75) is 25.4 Å². The first-order chi connectivity index (χ1) is 14.7. The second-order valence-electron chi connectivity index (χ2n) is 7.47. The number of hydrogen-bond donors (Lipinski definition) is 1. The minimum Gasteiger partial charge on any atom is -0.456 e. The van der Waals surface area contributed by atoms with Gasteiger partial charge in [0.25, 0.3) is 5.91 Å². The standard InChI is InChI=1S/C24H24ClN3O2/c25-20-7-3-18(4-8-20)17-28-14-11-21(12-15-28)27-24(29)19-5-9-22(10-6-19)30-23-2-1-13-26-16-23/h1-10,13,16,21H,11-12,14-15,17H2,(H,27,29). The number of benzene rings is 2. The highest BCUT2D eigenvalue weighted by Gasteiger charge is 2.21. The molecule has 0 spiro atoms. The highest BCUT2D eigenvalue weighted by molar-refractivity contribution is 6.30. The van der Waals surface area contributed by atoms with Crippen molar-refractivity contribution in [3.63, 3.8) is 0 Å². The van der Waals surface area contributed by atoms with Gasteiger partial charge < -0.3 is 10.1 Å². The molecule has 4 rings (SSSR count). The number of piperidine rings is 1. The molecule has 0 bridgehead atoms. The van der Waals surface area contributed by atoms with Crippen LogP contribution in [0.2, 0.25) is 5.02 Å². The van der Waals surface area contributed by atoms with Gasteiger partial charge in [0, 0.05) is 42.5 Å². The predicted octanol–water partition coefficient (Wildman–Crippen LogP) is 4.92. The number of halogens is 1. The van der Waals surface area contributed by atoms with Gasteiger partial charge >= 0.3 is 0 Å². The first-order valence-electron chi connectivity index (χ1n) is 10.1. The lowest BCUT2D eigenvalue weighted by Gasteiger charge is -2.32. The number of hydrogen-bond acceptors (Lipinski definition) is 4. The monoisotopic (exact) mass is 421 g/mol. The Bertz CT molecular complexity index is 954. The van der Waals surface area contributed by atoms with Gasteiger partial charge in [-0.3, -0.25) is 14.7 Å². The Morgan fingerprint density at radius 3 is 2.43 bits per heavy atom. The van der Waals surface area contributed by atoms with E-state index in [1.807, 2.05) is 24.3 Å². The summed E-state index contributed by atoms with van der Waals surface area (Å²) in [6, 6.07) is 19.0. The Morgan fingerprint density at radius 1 is 1.03 bits per heavy atom. The first-order valence-corrected chi connectivity index (χ1v) is 10.5. The highest BCUT2D eigenvalue weighted by atomic mass is 35.5. The van der Waals surface area contributed by atoms with Gasteiger partial charge in [-0.1, -0.05) is 23.7 Å². The lowest BCUT2D eigenvalue weighted by atomic mass is 10.0. The van der Waals surface area contributed by atoms with Gasteiger partial charge in [0.2, 0.25) is 0 Å². The Morgan fingerprint density at radius 2 is 1.77 bits per heavy atom. The zero-order valence-electron chi connectivity index (χ0n) is 16.6. The number of carbonyl (C=O) groups is 1. The van der Waals surface area contributed by atoms with E-state index < -0.39 is 0 Å².